The molecule has 1 unspecified atom stereocenters. The van der Waals surface area contributed by atoms with Crippen LogP contribution in [-0.4, -0.2) is 61.0 Å². The molecule has 0 radical (unpaired) electrons. The number of hydrogen-bond acceptors (Lipinski definition) is 5. The number of amides is 2. The van der Waals surface area contributed by atoms with Crippen LogP contribution in [0.2, 0.25) is 0 Å². The van der Waals surface area contributed by atoms with E-state index in [-0.39, 0.29) is 37.7 Å². The summed E-state index contributed by atoms with van der Waals surface area (Å²) in [5, 5.41) is 11.7. The number of carbonyl (C=O) groups is 2. The van der Waals surface area contributed by atoms with Crippen LogP contribution in [0.4, 0.5) is 23.7 Å². The Balaban J connectivity index is 1.53. The summed E-state index contributed by atoms with van der Waals surface area (Å²) in [4.78, 5) is 25.7. The van der Waals surface area contributed by atoms with Crippen molar-refractivity contribution in [3.8, 4) is 11.5 Å². The highest BCUT2D eigenvalue weighted by Gasteiger charge is 2.18. The third-order valence-electron chi connectivity index (χ3n) is 5.98. The predicted octanol–water partition coefficient (Wildman–Crippen LogP) is 5.91. The first-order chi connectivity index (χ1) is 19.7. The summed E-state index contributed by atoms with van der Waals surface area (Å²) in [6.45, 7) is 2.97. The van der Waals surface area contributed by atoms with E-state index in [1.54, 1.807) is 31.2 Å². The van der Waals surface area contributed by atoms with Gasteiger partial charge in [0.05, 0.1) is 18.8 Å². The lowest BCUT2D eigenvalue weighted by molar-refractivity contribution is -0.149. The number of carbonyl (C=O) groups excluding carboxylic acids is 1. The van der Waals surface area contributed by atoms with Crippen molar-refractivity contribution in [1.82, 2.24) is 4.90 Å². The van der Waals surface area contributed by atoms with E-state index in [2.05, 4.69) is 5.32 Å². The Labute approximate surface area is 236 Å². The number of aliphatic carboxylic acids is 1. The fourth-order valence-corrected chi connectivity index (χ4v) is 3.85. The Morgan fingerprint density at radius 3 is 2.12 bits per heavy atom. The summed E-state index contributed by atoms with van der Waals surface area (Å²) >= 11 is 0. The molecule has 0 aliphatic carbocycles. The highest BCUT2D eigenvalue weighted by Crippen LogP contribution is 2.17. The highest BCUT2D eigenvalue weighted by molar-refractivity contribution is 5.89. The number of hydrogen-bond donors (Lipinski definition) is 2. The quantitative estimate of drug-likeness (QED) is 0.207. The van der Waals surface area contributed by atoms with Gasteiger partial charge in [-0.05, 0) is 73.9 Å². The molecule has 0 spiro atoms. The SMILES string of the molecule is CCOC(Cc1ccc(OCCN(CCCCOc2ccc(F)cc2)C(=O)Nc2ccc(F)cc2F)cc1)C(=O)O. The Bertz CT molecular complexity index is 1260. The monoisotopic (exact) mass is 574 g/mol. The van der Waals surface area contributed by atoms with Crippen molar-refractivity contribution in [1.29, 1.82) is 0 Å². The molecule has 1 atom stereocenters. The molecule has 0 heterocycles. The Hall–Kier alpha value is -4.25. The molecule has 8 nitrogen and oxygen atoms in total. The zero-order chi connectivity index (χ0) is 29.6. The van der Waals surface area contributed by atoms with E-state index < -0.39 is 29.7 Å². The van der Waals surface area contributed by atoms with Gasteiger partial charge in [0, 0.05) is 25.6 Å². The molecule has 0 aliphatic rings. The van der Waals surface area contributed by atoms with E-state index >= 15 is 0 Å². The van der Waals surface area contributed by atoms with Crippen molar-refractivity contribution in [2.75, 3.05) is 38.2 Å². The minimum atomic E-state index is -1.03. The normalized spacial score (nSPS) is 11.5. The number of nitrogens with zero attached hydrogens (tertiary/aromatic N) is 1. The maximum Gasteiger partial charge on any atom is 0.333 e. The van der Waals surface area contributed by atoms with Crippen LogP contribution < -0.4 is 14.8 Å². The molecule has 2 N–H and O–H groups in total. The summed E-state index contributed by atoms with van der Waals surface area (Å²) in [6.07, 6.45) is 0.418. The van der Waals surface area contributed by atoms with Crippen LogP contribution in [0.15, 0.2) is 66.7 Å². The number of urea groups is 1. The second kappa shape index (κ2) is 16.1. The number of benzene rings is 3. The predicted molar refractivity (Wildman–Crippen MR) is 147 cm³/mol. The minimum absolute atomic E-state index is 0.126. The maximum absolute atomic E-state index is 14.1. The van der Waals surface area contributed by atoms with Crippen LogP contribution in [0.1, 0.15) is 25.3 Å². The van der Waals surface area contributed by atoms with Gasteiger partial charge in [-0.3, -0.25) is 0 Å². The van der Waals surface area contributed by atoms with Crippen LogP contribution in [0.3, 0.4) is 0 Å². The summed E-state index contributed by atoms with van der Waals surface area (Å²) in [7, 11) is 0. The van der Waals surface area contributed by atoms with E-state index in [1.807, 2.05) is 0 Å². The van der Waals surface area contributed by atoms with Crippen molar-refractivity contribution < 1.29 is 42.1 Å². The summed E-state index contributed by atoms with van der Waals surface area (Å²) in [5.41, 5.74) is 0.618. The highest BCUT2D eigenvalue weighted by atomic mass is 19.1. The first-order valence-corrected chi connectivity index (χ1v) is 13.2. The summed E-state index contributed by atoms with van der Waals surface area (Å²) < 4.78 is 57.0. The molecule has 0 saturated carbocycles. The second-order valence-electron chi connectivity index (χ2n) is 9.03. The molecular weight excluding hydrogens is 541 g/mol. The van der Waals surface area contributed by atoms with Gasteiger partial charge >= 0.3 is 12.0 Å². The van der Waals surface area contributed by atoms with Crippen LogP contribution in [0.5, 0.6) is 11.5 Å². The largest absolute Gasteiger partial charge is 0.494 e. The number of halogens is 3. The van der Waals surface area contributed by atoms with Gasteiger partial charge in [0.1, 0.15) is 35.6 Å². The van der Waals surface area contributed by atoms with E-state index in [0.29, 0.717) is 43.6 Å². The van der Waals surface area contributed by atoms with E-state index in [1.165, 1.54) is 29.2 Å². The zero-order valence-electron chi connectivity index (χ0n) is 22.7. The van der Waals surface area contributed by atoms with Crippen LogP contribution >= 0.6 is 0 Å². The average molecular weight is 575 g/mol. The Morgan fingerprint density at radius 2 is 1.49 bits per heavy atom. The number of carboxylic acids is 1. The molecule has 0 bridgehead atoms. The number of anilines is 1. The van der Waals surface area contributed by atoms with Crippen molar-refractivity contribution in [2.24, 2.45) is 0 Å². The van der Waals surface area contributed by atoms with Crippen LogP contribution in [0, 0.1) is 17.5 Å². The molecule has 3 rings (SSSR count). The lowest BCUT2D eigenvalue weighted by Crippen LogP contribution is -2.39. The summed E-state index contributed by atoms with van der Waals surface area (Å²) in [5.74, 6) is -1.99. The molecule has 2 amide bonds. The van der Waals surface area contributed by atoms with Gasteiger partial charge in [-0.15, -0.1) is 0 Å². The molecule has 41 heavy (non-hydrogen) atoms. The molecule has 11 heteroatoms. The van der Waals surface area contributed by atoms with Gasteiger partial charge in [-0.25, -0.2) is 22.8 Å². The average Bonchev–Trinajstić information content (AvgIpc) is 2.95. The zero-order valence-corrected chi connectivity index (χ0v) is 22.7. The van der Waals surface area contributed by atoms with Gasteiger partial charge in [0.15, 0.2) is 6.10 Å². The first kappa shape index (κ1) is 31.3. The van der Waals surface area contributed by atoms with Crippen LogP contribution in [-0.2, 0) is 16.0 Å². The molecule has 0 aliphatic heterocycles. The maximum atomic E-state index is 14.1. The fraction of sp³-hybridized carbons (Fsp3) is 0.333. The first-order valence-electron chi connectivity index (χ1n) is 13.2. The number of ether oxygens (including phenoxy) is 3. The van der Waals surface area contributed by atoms with Gasteiger partial charge < -0.3 is 29.5 Å². The van der Waals surface area contributed by atoms with Crippen molar-refractivity contribution in [2.45, 2.75) is 32.3 Å². The lowest BCUT2D eigenvalue weighted by atomic mass is 10.1. The Morgan fingerprint density at radius 1 is 0.854 bits per heavy atom. The van der Waals surface area contributed by atoms with Gasteiger partial charge in [-0.2, -0.15) is 0 Å². The van der Waals surface area contributed by atoms with Gasteiger partial charge in [0.2, 0.25) is 0 Å². The fourth-order valence-electron chi connectivity index (χ4n) is 3.85. The van der Waals surface area contributed by atoms with E-state index in [4.69, 9.17) is 14.2 Å². The molecule has 0 saturated heterocycles. The van der Waals surface area contributed by atoms with Crippen molar-refractivity contribution in [3.63, 3.8) is 0 Å². The molecule has 0 aromatic heterocycles. The number of carboxylic acid groups (broad SMARTS) is 1. The van der Waals surface area contributed by atoms with Crippen molar-refractivity contribution in [3.05, 3.63) is 89.7 Å². The number of rotatable bonds is 16. The third-order valence-corrected chi connectivity index (χ3v) is 5.98. The number of unbranched alkanes of at least 4 members (excludes halogenated alkanes) is 1. The Kier molecular flexibility index (Phi) is 12.3. The summed E-state index contributed by atoms with van der Waals surface area (Å²) in [6, 6.07) is 14.9. The smallest absolute Gasteiger partial charge is 0.333 e. The van der Waals surface area contributed by atoms with E-state index in [9.17, 15) is 27.9 Å². The topological polar surface area (TPSA) is 97.3 Å². The third kappa shape index (κ3) is 10.7. The second-order valence-corrected chi connectivity index (χ2v) is 9.03. The molecule has 0 fully saturated rings. The van der Waals surface area contributed by atoms with Gasteiger partial charge in [0.25, 0.3) is 0 Å². The standard InChI is InChI=1S/C30H33F3N2O6/c1-2-39-28(29(36)37)19-21-5-10-24(11-6-21)41-18-16-35(30(38)34-27-14-9-23(32)20-26(27)33)15-3-4-17-40-25-12-7-22(31)8-13-25/h5-14,20,28H,2-4,15-19H2,1H3,(H,34,38)(H,36,37). The lowest BCUT2D eigenvalue weighted by Gasteiger charge is -2.23. The molecule has 3 aromatic carbocycles. The van der Waals surface area contributed by atoms with E-state index in [0.717, 1.165) is 17.7 Å². The molecule has 3 aromatic rings. The van der Waals surface area contributed by atoms with Crippen molar-refractivity contribution >= 4 is 17.7 Å². The van der Waals surface area contributed by atoms with Crippen LogP contribution in [0.25, 0.3) is 0 Å². The molecule has 220 valence electrons. The molecular formula is C30H33F3N2O6. The van der Waals surface area contributed by atoms with Gasteiger partial charge in [-0.1, -0.05) is 12.1 Å². The minimum Gasteiger partial charge on any atom is -0.494 e. The number of nitrogens with one attached hydrogen (secondary N) is 1.